The fourth-order valence-corrected chi connectivity index (χ4v) is 3.06. The maximum atomic E-state index is 11.1. The number of carbonyl (C=O) groups excluding carboxylic acids is 2. The lowest BCUT2D eigenvalue weighted by molar-refractivity contribution is -0.152. The Kier molecular flexibility index (Phi) is 4.32. The van der Waals surface area contributed by atoms with Gasteiger partial charge in [0.1, 0.15) is 5.52 Å². The molecule has 3 rings (SSSR count). The highest BCUT2D eigenvalue weighted by molar-refractivity contribution is 5.71. The van der Waals surface area contributed by atoms with Crippen LogP contribution in [0, 0.1) is 11.8 Å². The van der Waals surface area contributed by atoms with Gasteiger partial charge in [-0.2, -0.15) is 4.98 Å². The molecule has 2 heterocycles. The number of fused-ring (bicyclic) bond motifs is 1. The minimum Gasteiger partial charge on any atom is -0.466 e. The molecule has 3 atom stereocenters. The van der Waals surface area contributed by atoms with Gasteiger partial charge in [-0.1, -0.05) is 0 Å². The van der Waals surface area contributed by atoms with E-state index in [-0.39, 0.29) is 42.4 Å². The van der Waals surface area contributed by atoms with Crippen molar-refractivity contribution < 1.29 is 19.1 Å². The van der Waals surface area contributed by atoms with Gasteiger partial charge in [0, 0.05) is 31.7 Å². The smallest absolute Gasteiger partial charge is 0.302 e. The van der Waals surface area contributed by atoms with E-state index < -0.39 is 0 Å². The standard InChI is InChI=1S/C15H19N5O4/c1-8(21)23-5-10-3-13(11(10)6-24-9(2)22)20-7-18-12-4-17-15(16)19-14(12)20/h4,7,10-11,13H,3,5-6H2,1-2H3,(H2,16,17,19). The normalized spacial score (nSPS) is 22.8. The zero-order valence-corrected chi connectivity index (χ0v) is 13.5. The summed E-state index contributed by atoms with van der Waals surface area (Å²) < 4.78 is 12.2. The van der Waals surface area contributed by atoms with Crippen LogP contribution in [0.25, 0.3) is 11.2 Å². The summed E-state index contributed by atoms with van der Waals surface area (Å²) >= 11 is 0. The number of imidazole rings is 1. The van der Waals surface area contributed by atoms with E-state index in [2.05, 4.69) is 15.0 Å². The minimum absolute atomic E-state index is 0.0156. The summed E-state index contributed by atoms with van der Waals surface area (Å²) in [6.07, 6.45) is 4.03. The van der Waals surface area contributed by atoms with Crippen LogP contribution in [0.1, 0.15) is 26.3 Å². The van der Waals surface area contributed by atoms with Gasteiger partial charge >= 0.3 is 11.9 Å². The van der Waals surface area contributed by atoms with Crippen LogP contribution in [-0.4, -0.2) is 44.7 Å². The molecule has 1 aliphatic carbocycles. The minimum atomic E-state index is -0.339. The Morgan fingerprint density at radius 3 is 2.67 bits per heavy atom. The van der Waals surface area contributed by atoms with Crippen LogP contribution in [0.5, 0.6) is 0 Å². The predicted molar refractivity (Wildman–Crippen MR) is 83.6 cm³/mol. The molecule has 9 heteroatoms. The molecule has 128 valence electrons. The van der Waals surface area contributed by atoms with Crippen molar-refractivity contribution in [1.82, 2.24) is 19.5 Å². The zero-order chi connectivity index (χ0) is 17.3. The van der Waals surface area contributed by atoms with E-state index in [1.54, 1.807) is 12.5 Å². The van der Waals surface area contributed by atoms with Crippen LogP contribution in [0.4, 0.5) is 5.95 Å². The maximum Gasteiger partial charge on any atom is 0.302 e. The molecule has 1 fully saturated rings. The summed E-state index contributed by atoms with van der Waals surface area (Å²) in [6, 6.07) is 0.0456. The average Bonchev–Trinajstić information content (AvgIpc) is 2.88. The SMILES string of the molecule is CC(=O)OCC1CC(n2cnc3cnc(N)nc32)C1COC(C)=O. The van der Waals surface area contributed by atoms with Crippen molar-refractivity contribution in [3.05, 3.63) is 12.5 Å². The second-order valence-corrected chi connectivity index (χ2v) is 5.92. The molecule has 0 aliphatic heterocycles. The maximum absolute atomic E-state index is 11.1. The van der Waals surface area contributed by atoms with E-state index in [0.29, 0.717) is 17.8 Å². The molecule has 2 aromatic heterocycles. The highest BCUT2D eigenvalue weighted by atomic mass is 16.5. The number of anilines is 1. The molecule has 0 aromatic carbocycles. The molecule has 0 amide bonds. The number of carbonyl (C=O) groups is 2. The van der Waals surface area contributed by atoms with Gasteiger partial charge in [-0.3, -0.25) is 9.59 Å². The number of nitrogens with zero attached hydrogens (tertiary/aromatic N) is 4. The van der Waals surface area contributed by atoms with E-state index in [4.69, 9.17) is 15.2 Å². The Bertz CT molecular complexity index is 774. The predicted octanol–water partition coefficient (Wildman–Crippen LogP) is 0.712. The molecular formula is C15H19N5O4. The summed E-state index contributed by atoms with van der Waals surface area (Å²) in [7, 11) is 0. The molecule has 1 saturated carbocycles. The molecule has 3 unspecified atom stereocenters. The highest BCUT2D eigenvalue weighted by Crippen LogP contribution is 2.45. The first-order chi connectivity index (χ1) is 11.5. The third-order valence-electron chi connectivity index (χ3n) is 4.32. The van der Waals surface area contributed by atoms with Gasteiger partial charge < -0.3 is 19.8 Å². The number of hydrogen-bond donors (Lipinski definition) is 1. The quantitative estimate of drug-likeness (QED) is 0.794. The molecule has 0 bridgehead atoms. The van der Waals surface area contributed by atoms with Crippen LogP contribution in [0.15, 0.2) is 12.5 Å². The summed E-state index contributed by atoms with van der Waals surface area (Å²) in [5.74, 6) is -0.347. The van der Waals surface area contributed by atoms with E-state index in [0.717, 1.165) is 6.42 Å². The number of rotatable bonds is 5. The highest BCUT2D eigenvalue weighted by Gasteiger charge is 2.44. The number of aromatic nitrogens is 4. The monoisotopic (exact) mass is 333 g/mol. The summed E-state index contributed by atoms with van der Waals surface area (Å²) in [5.41, 5.74) is 6.96. The lowest BCUT2D eigenvalue weighted by Gasteiger charge is -2.44. The van der Waals surface area contributed by atoms with Crippen LogP contribution < -0.4 is 5.73 Å². The first-order valence-corrected chi connectivity index (χ1v) is 7.67. The van der Waals surface area contributed by atoms with Crippen LogP contribution in [-0.2, 0) is 19.1 Å². The average molecular weight is 333 g/mol. The number of nitrogens with two attached hydrogens (primary N) is 1. The first kappa shape index (κ1) is 16.2. The Balaban J connectivity index is 1.81. The Morgan fingerprint density at radius 2 is 1.96 bits per heavy atom. The summed E-state index contributed by atoms with van der Waals surface area (Å²) in [4.78, 5) is 34.6. The van der Waals surface area contributed by atoms with Crippen LogP contribution >= 0.6 is 0 Å². The second kappa shape index (κ2) is 6.42. The third kappa shape index (κ3) is 3.15. The van der Waals surface area contributed by atoms with Gasteiger partial charge in [0.25, 0.3) is 0 Å². The lowest BCUT2D eigenvalue weighted by atomic mass is 9.69. The largest absolute Gasteiger partial charge is 0.466 e. The third-order valence-corrected chi connectivity index (χ3v) is 4.32. The van der Waals surface area contributed by atoms with Crippen molar-refractivity contribution >= 4 is 29.1 Å². The molecule has 2 aromatic rings. The van der Waals surface area contributed by atoms with Gasteiger partial charge in [0.15, 0.2) is 5.65 Å². The molecule has 24 heavy (non-hydrogen) atoms. The van der Waals surface area contributed by atoms with Crippen molar-refractivity contribution in [2.75, 3.05) is 18.9 Å². The number of esters is 2. The first-order valence-electron chi connectivity index (χ1n) is 7.67. The molecule has 9 nitrogen and oxygen atoms in total. The Morgan fingerprint density at radius 1 is 1.25 bits per heavy atom. The van der Waals surface area contributed by atoms with Gasteiger partial charge in [-0.05, 0) is 6.42 Å². The zero-order valence-electron chi connectivity index (χ0n) is 13.5. The lowest BCUT2D eigenvalue weighted by Crippen LogP contribution is -2.44. The van der Waals surface area contributed by atoms with E-state index >= 15 is 0 Å². The van der Waals surface area contributed by atoms with Crippen molar-refractivity contribution in [1.29, 1.82) is 0 Å². The number of nitrogen functional groups attached to an aromatic ring is 1. The molecule has 0 radical (unpaired) electrons. The summed E-state index contributed by atoms with van der Waals surface area (Å²) in [6.45, 7) is 3.31. The van der Waals surface area contributed by atoms with E-state index in [1.165, 1.54) is 13.8 Å². The van der Waals surface area contributed by atoms with Crippen molar-refractivity contribution in [2.45, 2.75) is 26.3 Å². The fraction of sp³-hybridized carbons (Fsp3) is 0.533. The van der Waals surface area contributed by atoms with E-state index in [9.17, 15) is 9.59 Å². The topological polar surface area (TPSA) is 122 Å². The molecule has 0 saturated heterocycles. The van der Waals surface area contributed by atoms with E-state index in [1.807, 2.05) is 4.57 Å². The van der Waals surface area contributed by atoms with Gasteiger partial charge in [-0.25, -0.2) is 9.97 Å². The molecule has 1 aliphatic rings. The van der Waals surface area contributed by atoms with Gasteiger partial charge in [0.05, 0.1) is 25.7 Å². The van der Waals surface area contributed by atoms with Crippen LogP contribution in [0.3, 0.4) is 0 Å². The van der Waals surface area contributed by atoms with Crippen molar-refractivity contribution in [3.8, 4) is 0 Å². The van der Waals surface area contributed by atoms with Crippen molar-refractivity contribution in [2.24, 2.45) is 11.8 Å². The Hall–Kier alpha value is -2.71. The fourth-order valence-electron chi connectivity index (χ4n) is 3.06. The molecule has 2 N–H and O–H groups in total. The number of hydrogen-bond acceptors (Lipinski definition) is 8. The molecular weight excluding hydrogens is 314 g/mol. The second-order valence-electron chi connectivity index (χ2n) is 5.92. The van der Waals surface area contributed by atoms with Gasteiger partial charge in [-0.15, -0.1) is 0 Å². The summed E-state index contributed by atoms with van der Waals surface area (Å²) in [5, 5.41) is 0. The molecule has 0 spiro atoms. The van der Waals surface area contributed by atoms with Gasteiger partial charge in [0.2, 0.25) is 5.95 Å². The number of ether oxygens (including phenoxy) is 2. The Labute approximate surface area is 138 Å². The van der Waals surface area contributed by atoms with Crippen LogP contribution in [0.2, 0.25) is 0 Å². The van der Waals surface area contributed by atoms with Crippen molar-refractivity contribution in [3.63, 3.8) is 0 Å².